The van der Waals surface area contributed by atoms with Crippen molar-refractivity contribution in [3.8, 4) is 5.75 Å². The largest absolute Gasteiger partial charge is 0.497 e. The zero-order valence-corrected chi connectivity index (χ0v) is 25.8. The number of ether oxygens (including phenoxy) is 1. The molecule has 0 aromatic heterocycles. The summed E-state index contributed by atoms with van der Waals surface area (Å²) in [6.07, 6.45) is 5.06. The van der Waals surface area contributed by atoms with E-state index in [0.717, 1.165) is 47.5 Å². The molecule has 224 valence electrons. The molecule has 0 radical (unpaired) electrons. The van der Waals surface area contributed by atoms with Crippen LogP contribution in [-0.4, -0.2) is 50.9 Å². The number of benzene rings is 3. The molecule has 0 unspecified atom stereocenters. The Bertz CT molecular complexity index is 1490. The van der Waals surface area contributed by atoms with Gasteiger partial charge in [-0.15, -0.1) is 0 Å². The summed E-state index contributed by atoms with van der Waals surface area (Å²) in [5, 5.41) is 3.49. The van der Waals surface area contributed by atoms with Crippen molar-refractivity contribution in [2.75, 3.05) is 18.0 Å². The average molecular weight is 612 g/mol. The predicted molar refractivity (Wildman–Crippen MR) is 165 cm³/mol. The molecule has 8 nitrogen and oxygen atoms in total. The molecular formula is C32H38ClN3O5S. The van der Waals surface area contributed by atoms with Crippen LogP contribution < -0.4 is 14.4 Å². The molecule has 1 atom stereocenters. The van der Waals surface area contributed by atoms with Gasteiger partial charge in [0.15, 0.2) is 0 Å². The molecule has 1 fully saturated rings. The SMILES string of the molecule is COc1cccc(CN(C(=O)CN(c2ccc(C)c(Cl)c2)S(=O)(=O)c2ccccc2)[C@H](C)C(=O)NC2CCCCC2)c1. The second-order valence-corrected chi connectivity index (χ2v) is 12.9. The maximum atomic E-state index is 14.1. The topological polar surface area (TPSA) is 96.0 Å². The summed E-state index contributed by atoms with van der Waals surface area (Å²) in [5.41, 5.74) is 1.77. The summed E-state index contributed by atoms with van der Waals surface area (Å²) < 4.78 is 34.2. The van der Waals surface area contributed by atoms with Crippen molar-refractivity contribution in [2.45, 2.75) is 69.5 Å². The van der Waals surface area contributed by atoms with Gasteiger partial charge in [-0.1, -0.05) is 67.3 Å². The summed E-state index contributed by atoms with van der Waals surface area (Å²) in [5.74, 6) is -0.184. The van der Waals surface area contributed by atoms with E-state index in [2.05, 4.69) is 5.32 Å². The van der Waals surface area contributed by atoms with Crippen molar-refractivity contribution < 1.29 is 22.7 Å². The number of hydrogen-bond acceptors (Lipinski definition) is 5. The van der Waals surface area contributed by atoms with Gasteiger partial charge in [0.25, 0.3) is 10.0 Å². The molecule has 1 N–H and O–H groups in total. The number of sulfonamides is 1. The third-order valence-corrected chi connectivity index (χ3v) is 9.85. The second-order valence-electron chi connectivity index (χ2n) is 10.7. The highest BCUT2D eigenvalue weighted by atomic mass is 35.5. The number of halogens is 1. The van der Waals surface area contributed by atoms with Crippen molar-refractivity contribution in [1.82, 2.24) is 10.2 Å². The fourth-order valence-corrected chi connectivity index (χ4v) is 6.71. The zero-order chi connectivity index (χ0) is 30.3. The molecule has 3 aromatic rings. The Morgan fingerprint density at radius 3 is 2.38 bits per heavy atom. The van der Waals surface area contributed by atoms with Crippen molar-refractivity contribution in [3.05, 3.63) is 88.9 Å². The number of nitrogens with one attached hydrogen (secondary N) is 1. The van der Waals surface area contributed by atoms with Crippen LogP contribution in [0.2, 0.25) is 5.02 Å². The smallest absolute Gasteiger partial charge is 0.264 e. The predicted octanol–water partition coefficient (Wildman–Crippen LogP) is 5.72. The van der Waals surface area contributed by atoms with Gasteiger partial charge in [-0.2, -0.15) is 0 Å². The molecule has 42 heavy (non-hydrogen) atoms. The van der Waals surface area contributed by atoms with E-state index >= 15 is 0 Å². The highest BCUT2D eigenvalue weighted by Crippen LogP contribution is 2.29. The van der Waals surface area contributed by atoms with Gasteiger partial charge in [0.2, 0.25) is 11.8 Å². The molecule has 4 rings (SSSR count). The summed E-state index contributed by atoms with van der Waals surface area (Å²) >= 11 is 6.39. The first kappa shape index (κ1) is 31.4. The van der Waals surface area contributed by atoms with Crippen LogP contribution in [0.4, 0.5) is 5.69 Å². The van der Waals surface area contributed by atoms with Crippen LogP contribution in [0.15, 0.2) is 77.7 Å². The molecule has 1 aliphatic rings. The first-order chi connectivity index (χ1) is 20.1. The highest BCUT2D eigenvalue weighted by Gasteiger charge is 2.33. The van der Waals surface area contributed by atoms with Gasteiger partial charge in [0.05, 0.1) is 17.7 Å². The van der Waals surface area contributed by atoms with Gasteiger partial charge >= 0.3 is 0 Å². The van der Waals surface area contributed by atoms with Crippen molar-refractivity contribution in [2.24, 2.45) is 0 Å². The molecule has 0 spiro atoms. The fraction of sp³-hybridized carbons (Fsp3) is 0.375. The Morgan fingerprint density at radius 2 is 1.71 bits per heavy atom. The summed E-state index contributed by atoms with van der Waals surface area (Å²) in [6.45, 7) is 3.05. The van der Waals surface area contributed by atoms with Crippen molar-refractivity contribution in [1.29, 1.82) is 0 Å². The fourth-order valence-electron chi connectivity index (χ4n) is 5.10. The van der Waals surface area contributed by atoms with Crippen LogP contribution in [0, 0.1) is 6.92 Å². The Balaban J connectivity index is 1.69. The van der Waals surface area contributed by atoms with Gasteiger partial charge in [-0.05, 0) is 74.2 Å². The lowest BCUT2D eigenvalue weighted by molar-refractivity contribution is -0.139. The van der Waals surface area contributed by atoms with E-state index in [9.17, 15) is 18.0 Å². The lowest BCUT2D eigenvalue weighted by atomic mass is 9.95. The Hall–Kier alpha value is -3.56. The van der Waals surface area contributed by atoms with Crippen LogP contribution in [0.5, 0.6) is 5.75 Å². The molecule has 0 bridgehead atoms. The maximum absolute atomic E-state index is 14.1. The van der Waals surface area contributed by atoms with Crippen LogP contribution in [0.25, 0.3) is 0 Å². The molecule has 1 saturated carbocycles. The number of methoxy groups -OCH3 is 1. The number of carbonyl (C=O) groups excluding carboxylic acids is 2. The van der Waals surface area contributed by atoms with E-state index in [-0.39, 0.29) is 29.1 Å². The number of nitrogens with zero attached hydrogens (tertiary/aromatic N) is 2. The number of anilines is 1. The van der Waals surface area contributed by atoms with E-state index in [1.165, 1.54) is 23.1 Å². The third-order valence-electron chi connectivity index (χ3n) is 7.66. The lowest BCUT2D eigenvalue weighted by Crippen LogP contribution is -2.53. The third kappa shape index (κ3) is 7.63. The molecule has 1 aliphatic carbocycles. The summed E-state index contributed by atoms with van der Waals surface area (Å²) in [6, 6.07) is 19.3. The average Bonchev–Trinajstić information content (AvgIpc) is 3.00. The minimum Gasteiger partial charge on any atom is -0.497 e. The van der Waals surface area contributed by atoms with E-state index in [1.807, 2.05) is 19.1 Å². The number of hydrogen-bond donors (Lipinski definition) is 1. The highest BCUT2D eigenvalue weighted by molar-refractivity contribution is 7.92. The molecular weight excluding hydrogens is 574 g/mol. The molecule has 0 heterocycles. The van der Waals surface area contributed by atoms with Gasteiger partial charge in [-0.25, -0.2) is 8.42 Å². The quantitative estimate of drug-likeness (QED) is 0.299. The molecule has 3 aromatic carbocycles. The van der Waals surface area contributed by atoms with E-state index < -0.39 is 28.5 Å². The number of aryl methyl sites for hydroxylation is 1. The van der Waals surface area contributed by atoms with Gasteiger partial charge in [0.1, 0.15) is 18.3 Å². The summed E-state index contributed by atoms with van der Waals surface area (Å²) in [7, 11) is -2.60. The zero-order valence-electron chi connectivity index (χ0n) is 24.3. The Kier molecular flexibility index (Phi) is 10.5. The normalized spacial score (nSPS) is 14.6. The van der Waals surface area contributed by atoms with Crippen LogP contribution in [-0.2, 0) is 26.2 Å². The lowest BCUT2D eigenvalue weighted by Gasteiger charge is -2.33. The first-order valence-electron chi connectivity index (χ1n) is 14.2. The second kappa shape index (κ2) is 14.1. The minimum atomic E-state index is -4.16. The number of carbonyl (C=O) groups is 2. The number of amides is 2. The molecule has 0 aliphatic heterocycles. The number of rotatable bonds is 11. The van der Waals surface area contributed by atoms with E-state index in [0.29, 0.717) is 10.8 Å². The van der Waals surface area contributed by atoms with Crippen molar-refractivity contribution in [3.63, 3.8) is 0 Å². The Labute approximate surface area is 253 Å². The van der Waals surface area contributed by atoms with E-state index in [1.54, 1.807) is 56.5 Å². The van der Waals surface area contributed by atoms with E-state index in [4.69, 9.17) is 16.3 Å². The van der Waals surface area contributed by atoms with Gasteiger partial charge < -0.3 is 15.0 Å². The Morgan fingerprint density at radius 1 is 1.00 bits per heavy atom. The van der Waals surface area contributed by atoms with Crippen LogP contribution >= 0.6 is 11.6 Å². The molecule has 10 heteroatoms. The minimum absolute atomic E-state index is 0.0388. The van der Waals surface area contributed by atoms with Crippen molar-refractivity contribution >= 4 is 39.1 Å². The molecule has 0 saturated heterocycles. The van der Waals surface area contributed by atoms with Crippen LogP contribution in [0.1, 0.15) is 50.2 Å². The standard InChI is InChI=1S/C32H38ClN3O5S/c1-23-17-18-27(20-30(23)33)36(42(39,40)29-15-8-5-9-16-29)22-31(37)35(21-25-11-10-14-28(19-25)41-3)24(2)32(38)34-26-12-6-4-7-13-26/h5,8-11,14-20,24,26H,4,6-7,12-13,21-22H2,1-3H3,(H,34,38)/t24-/m1/s1. The maximum Gasteiger partial charge on any atom is 0.264 e. The molecule has 2 amide bonds. The van der Waals surface area contributed by atoms with Gasteiger partial charge in [-0.3, -0.25) is 13.9 Å². The van der Waals surface area contributed by atoms with Crippen LogP contribution in [0.3, 0.4) is 0 Å². The summed E-state index contributed by atoms with van der Waals surface area (Å²) in [4.78, 5) is 29.0. The van der Waals surface area contributed by atoms with Gasteiger partial charge in [0, 0.05) is 17.6 Å². The monoisotopic (exact) mass is 611 g/mol. The first-order valence-corrected chi connectivity index (χ1v) is 16.0.